The molecule has 2 aromatic rings. The minimum absolute atomic E-state index is 0.00320. The Kier molecular flexibility index (Phi) is 8.51. The number of nitrogens with zero attached hydrogens (tertiary/aromatic N) is 3. The molecule has 184 valence electrons. The first-order valence-corrected chi connectivity index (χ1v) is 11.8. The van der Waals surface area contributed by atoms with Crippen LogP contribution in [-0.4, -0.2) is 79.5 Å². The molecule has 3 N–H and O–H groups in total. The van der Waals surface area contributed by atoms with Crippen molar-refractivity contribution >= 4 is 22.6 Å². The number of amides is 1. The smallest absolute Gasteiger partial charge is 0.251 e. The lowest BCUT2D eigenvalue weighted by Gasteiger charge is -2.26. The first-order chi connectivity index (χ1) is 16.6. The molecule has 0 spiro atoms. The summed E-state index contributed by atoms with van der Waals surface area (Å²) in [5, 5.41) is 3.42. The topological polar surface area (TPSA) is 121 Å². The number of allylic oxidation sites excluding steroid dienone is 1. The van der Waals surface area contributed by atoms with E-state index in [1.807, 2.05) is 12.1 Å². The van der Waals surface area contributed by atoms with Crippen LogP contribution in [0.3, 0.4) is 0 Å². The van der Waals surface area contributed by atoms with Gasteiger partial charge in [-0.2, -0.15) is 0 Å². The van der Waals surface area contributed by atoms with E-state index < -0.39 is 0 Å². The summed E-state index contributed by atoms with van der Waals surface area (Å²) in [5.74, 6) is 1.26. The number of nitrogens with two attached hydrogens (primary N) is 1. The highest BCUT2D eigenvalue weighted by Crippen LogP contribution is 2.36. The van der Waals surface area contributed by atoms with Crippen LogP contribution in [0.2, 0.25) is 0 Å². The predicted molar refractivity (Wildman–Crippen MR) is 128 cm³/mol. The molecule has 0 radical (unpaired) electrons. The second-order valence-corrected chi connectivity index (χ2v) is 8.50. The van der Waals surface area contributed by atoms with Gasteiger partial charge in [-0.3, -0.25) is 9.69 Å². The number of carbonyl (C=O) groups excluding carboxylic acids is 1. The van der Waals surface area contributed by atoms with Gasteiger partial charge >= 0.3 is 0 Å². The minimum atomic E-state index is -0.361. The molecule has 0 saturated carbocycles. The van der Waals surface area contributed by atoms with Crippen molar-refractivity contribution in [1.29, 1.82) is 0 Å². The monoisotopic (exact) mass is 471 g/mol. The van der Waals surface area contributed by atoms with E-state index in [1.54, 1.807) is 6.92 Å². The number of carbonyl (C=O) groups is 1. The van der Waals surface area contributed by atoms with E-state index in [0.29, 0.717) is 53.7 Å². The minimum Gasteiger partial charge on any atom is -0.493 e. The van der Waals surface area contributed by atoms with E-state index in [-0.39, 0.29) is 12.0 Å². The molecule has 4 rings (SSSR count). The molecule has 1 aromatic carbocycles. The lowest BCUT2D eigenvalue weighted by Crippen LogP contribution is -2.37. The Labute approximate surface area is 199 Å². The van der Waals surface area contributed by atoms with Gasteiger partial charge in [0, 0.05) is 56.4 Å². The zero-order valence-electron chi connectivity index (χ0n) is 19.6. The Bertz CT molecular complexity index is 999. The molecule has 0 bridgehead atoms. The maximum Gasteiger partial charge on any atom is 0.251 e. The highest BCUT2D eigenvalue weighted by atomic mass is 16.5. The molecule has 0 atom stereocenters. The van der Waals surface area contributed by atoms with Crippen LogP contribution in [0.5, 0.6) is 11.5 Å². The van der Waals surface area contributed by atoms with Crippen molar-refractivity contribution in [3.63, 3.8) is 0 Å². The average molecular weight is 472 g/mol. The fourth-order valence-corrected chi connectivity index (χ4v) is 4.04. The van der Waals surface area contributed by atoms with Gasteiger partial charge < -0.3 is 30.0 Å². The highest BCUT2D eigenvalue weighted by Gasteiger charge is 2.20. The van der Waals surface area contributed by atoms with Gasteiger partial charge in [-0.15, -0.1) is 0 Å². The second-order valence-electron chi connectivity index (χ2n) is 8.50. The number of fused-ring (bicyclic) bond motifs is 1. The Balaban J connectivity index is 1.53. The molecule has 34 heavy (non-hydrogen) atoms. The highest BCUT2D eigenvalue weighted by molar-refractivity contribution is 6.06. The lowest BCUT2D eigenvalue weighted by atomic mass is 10.1. The molecule has 3 heterocycles. The number of benzene rings is 1. The summed E-state index contributed by atoms with van der Waals surface area (Å²) in [6.07, 6.45) is 5.22. The summed E-state index contributed by atoms with van der Waals surface area (Å²) in [7, 11) is 0. The average Bonchev–Trinajstić information content (AvgIpc) is 2.82. The van der Waals surface area contributed by atoms with Gasteiger partial charge in [0.2, 0.25) is 0 Å². The van der Waals surface area contributed by atoms with Crippen molar-refractivity contribution in [3.8, 4) is 11.5 Å². The number of nitrogens with one attached hydrogen (secondary N) is 1. The second kappa shape index (κ2) is 12.0. The van der Waals surface area contributed by atoms with E-state index in [4.69, 9.17) is 24.7 Å². The molecule has 1 amide bonds. The molecule has 10 heteroatoms. The normalized spacial score (nSPS) is 18.1. The zero-order chi connectivity index (χ0) is 23.8. The summed E-state index contributed by atoms with van der Waals surface area (Å²) >= 11 is 0. The maximum atomic E-state index is 12.3. The molecular formula is C24H33N5O5. The molecule has 2 saturated heterocycles. The molecule has 1 aromatic heterocycles. The lowest BCUT2D eigenvalue weighted by molar-refractivity contribution is -0.112. The van der Waals surface area contributed by atoms with E-state index in [2.05, 4.69) is 20.2 Å². The molecule has 2 fully saturated rings. The third-order valence-electron chi connectivity index (χ3n) is 5.73. The van der Waals surface area contributed by atoms with Crippen LogP contribution < -0.4 is 20.5 Å². The van der Waals surface area contributed by atoms with Gasteiger partial charge in [0.15, 0.2) is 0 Å². The predicted octanol–water partition coefficient (Wildman–Crippen LogP) is 2.09. The number of hydrogen-bond acceptors (Lipinski definition) is 9. The van der Waals surface area contributed by atoms with Crippen LogP contribution in [-0.2, 0) is 14.3 Å². The van der Waals surface area contributed by atoms with E-state index in [0.717, 1.165) is 52.1 Å². The van der Waals surface area contributed by atoms with Crippen LogP contribution in [0.25, 0.3) is 10.9 Å². The van der Waals surface area contributed by atoms with Crippen molar-refractivity contribution < 1.29 is 23.7 Å². The summed E-state index contributed by atoms with van der Waals surface area (Å²) in [4.78, 5) is 23.4. The van der Waals surface area contributed by atoms with Gasteiger partial charge in [0.25, 0.3) is 5.91 Å². The van der Waals surface area contributed by atoms with Gasteiger partial charge in [0.05, 0.1) is 43.9 Å². The van der Waals surface area contributed by atoms with Crippen LogP contribution in [0, 0.1) is 0 Å². The van der Waals surface area contributed by atoms with Crippen LogP contribution in [0.1, 0.15) is 26.2 Å². The molecule has 2 aliphatic rings. The number of anilines is 1. The summed E-state index contributed by atoms with van der Waals surface area (Å²) in [6.45, 7) is 8.01. The van der Waals surface area contributed by atoms with Crippen molar-refractivity contribution in [2.75, 3.05) is 58.0 Å². The van der Waals surface area contributed by atoms with Gasteiger partial charge in [-0.25, -0.2) is 9.97 Å². The van der Waals surface area contributed by atoms with E-state index in [9.17, 15) is 4.79 Å². The summed E-state index contributed by atoms with van der Waals surface area (Å²) in [6, 6.07) is 3.71. The van der Waals surface area contributed by atoms with E-state index >= 15 is 0 Å². The third kappa shape index (κ3) is 6.78. The third-order valence-corrected chi connectivity index (χ3v) is 5.73. The van der Waals surface area contributed by atoms with Crippen molar-refractivity contribution in [1.82, 2.24) is 14.9 Å². The van der Waals surface area contributed by atoms with Crippen LogP contribution in [0.15, 0.2) is 30.2 Å². The fraction of sp³-hybridized carbons (Fsp3) is 0.542. The Hall–Kier alpha value is -2.95. The molecular weight excluding hydrogens is 438 g/mol. The Morgan fingerprint density at radius 1 is 1.21 bits per heavy atom. The van der Waals surface area contributed by atoms with Crippen molar-refractivity contribution in [2.45, 2.75) is 32.3 Å². The number of hydrogen-bond donors (Lipinski definition) is 2. The van der Waals surface area contributed by atoms with Gasteiger partial charge in [-0.1, -0.05) is 0 Å². The summed E-state index contributed by atoms with van der Waals surface area (Å²) in [5.41, 5.74) is 6.68. The fourth-order valence-electron chi connectivity index (χ4n) is 4.04. The first-order valence-electron chi connectivity index (χ1n) is 11.8. The van der Waals surface area contributed by atoms with Crippen molar-refractivity contribution in [2.24, 2.45) is 5.73 Å². The largest absolute Gasteiger partial charge is 0.493 e. The maximum absolute atomic E-state index is 12.3. The number of rotatable bonds is 9. The van der Waals surface area contributed by atoms with Crippen LogP contribution in [0.4, 0.5) is 5.82 Å². The standard InChI is InChI=1S/C24H33N5O5/c1-17(25)13-22(30)28-24-23-20(26-16-27-24)14-19(15-21(23)34-18-3-9-31-10-4-18)33-8-2-5-29-6-11-32-12-7-29/h13-16,18H,2-12,25H2,1H3,(H,26,27,28,30). The van der Waals surface area contributed by atoms with Gasteiger partial charge in [-0.05, 0) is 13.3 Å². The zero-order valence-corrected chi connectivity index (χ0v) is 19.6. The summed E-state index contributed by atoms with van der Waals surface area (Å²) < 4.78 is 23.3. The molecule has 2 aliphatic heterocycles. The van der Waals surface area contributed by atoms with Gasteiger partial charge in [0.1, 0.15) is 29.7 Å². The number of aromatic nitrogens is 2. The van der Waals surface area contributed by atoms with Crippen LogP contribution >= 0.6 is 0 Å². The Morgan fingerprint density at radius 2 is 1.97 bits per heavy atom. The quantitative estimate of drug-likeness (QED) is 0.418. The number of morpholine rings is 1. The molecule has 0 aliphatic carbocycles. The first kappa shape index (κ1) is 24.2. The molecule has 10 nitrogen and oxygen atoms in total. The Morgan fingerprint density at radius 3 is 2.74 bits per heavy atom. The van der Waals surface area contributed by atoms with E-state index in [1.165, 1.54) is 12.4 Å². The molecule has 0 unspecified atom stereocenters. The van der Waals surface area contributed by atoms with Crippen molar-refractivity contribution in [3.05, 3.63) is 30.2 Å². The number of ether oxygens (including phenoxy) is 4. The SMILES string of the molecule is CC(N)=CC(=O)Nc1ncnc2cc(OCCCN3CCOCC3)cc(OC3CCOCC3)c12.